The van der Waals surface area contributed by atoms with Crippen LogP contribution >= 0.6 is 0 Å². The van der Waals surface area contributed by atoms with Gasteiger partial charge in [0.1, 0.15) is 25.1 Å². The molecule has 0 saturated carbocycles. The number of Topliss-reactive ketones (excluding diaryl/α,β-unsaturated/α-hetero) is 4. The second-order valence-corrected chi connectivity index (χ2v) is 6.36. The number of carbonyl (C=O) groups excluding carboxylic acids is 5. The van der Waals surface area contributed by atoms with Crippen molar-refractivity contribution in [2.24, 2.45) is 0 Å². The first-order valence-electron chi connectivity index (χ1n) is 7.83. The van der Waals surface area contributed by atoms with Gasteiger partial charge in [0, 0.05) is 0 Å². The Labute approximate surface area is 153 Å². The summed E-state index contributed by atoms with van der Waals surface area (Å²) >= 11 is 0. The predicted molar refractivity (Wildman–Crippen MR) is 84.3 cm³/mol. The molecule has 0 bridgehead atoms. The summed E-state index contributed by atoms with van der Waals surface area (Å²) in [7, 11) is 0. The van der Waals surface area contributed by atoms with E-state index in [1.807, 2.05) is 0 Å². The van der Waals surface area contributed by atoms with Crippen LogP contribution in [0, 0.1) is 0 Å². The van der Waals surface area contributed by atoms with E-state index in [4.69, 9.17) is 9.47 Å². The monoisotopic (exact) mass is 390 g/mol. The Hall–Kier alpha value is -1.89. The summed E-state index contributed by atoms with van der Waals surface area (Å²) < 4.78 is 9.97. The molecule has 1 aliphatic rings. The number of aliphatic hydroxyl groups excluding tert-OH is 1. The maximum absolute atomic E-state index is 12.3. The number of aldehydes is 1. The summed E-state index contributed by atoms with van der Waals surface area (Å²) in [4.78, 5) is 58.9. The minimum atomic E-state index is -3.56. The van der Waals surface area contributed by atoms with Crippen molar-refractivity contribution in [3.63, 3.8) is 0 Å². The fraction of sp³-hybridized carbons (Fsp3) is 0.688. The van der Waals surface area contributed by atoms with Gasteiger partial charge < -0.3 is 34.7 Å². The van der Waals surface area contributed by atoms with Crippen molar-refractivity contribution in [2.75, 3.05) is 6.61 Å². The highest BCUT2D eigenvalue weighted by Crippen LogP contribution is 2.47. The third kappa shape index (κ3) is 3.06. The number of hydrogen-bond acceptors (Lipinski definition) is 11. The van der Waals surface area contributed by atoms with Crippen LogP contribution in [0.4, 0.5) is 0 Å². The number of carbonyl (C=O) groups is 5. The van der Waals surface area contributed by atoms with Gasteiger partial charge >= 0.3 is 0 Å². The lowest BCUT2D eigenvalue weighted by Gasteiger charge is -2.57. The maximum Gasteiger partial charge on any atom is 0.213 e. The molecule has 1 saturated heterocycles. The van der Waals surface area contributed by atoms with Crippen LogP contribution < -0.4 is 0 Å². The molecule has 6 atom stereocenters. The van der Waals surface area contributed by atoms with Crippen LogP contribution in [-0.2, 0) is 33.4 Å². The van der Waals surface area contributed by atoms with Crippen molar-refractivity contribution in [1.29, 1.82) is 0 Å². The van der Waals surface area contributed by atoms with Crippen molar-refractivity contribution in [3.05, 3.63) is 0 Å². The summed E-state index contributed by atoms with van der Waals surface area (Å²) in [5.41, 5.74) is -10.3. The SMILES string of the molecule is CC(=O)C(O)[C@H]1O[C@H](OCC=O)[C@](O)(C(C)=O)[C@](O)(C(C)=O)[C@@]1(O)C(C)=O. The van der Waals surface area contributed by atoms with E-state index in [2.05, 4.69) is 0 Å². The topological polar surface area (TPSA) is 185 Å². The number of hydrogen-bond donors (Lipinski definition) is 4. The lowest BCUT2D eigenvalue weighted by molar-refractivity contribution is -0.371. The first kappa shape index (κ1) is 23.1. The number of aliphatic hydroxyl groups is 4. The number of ether oxygens (including phenoxy) is 2. The van der Waals surface area contributed by atoms with Gasteiger partial charge in [-0.05, 0) is 27.7 Å². The van der Waals surface area contributed by atoms with Crippen LogP contribution in [0.2, 0.25) is 0 Å². The van der Waals surface area contributed by atoms with E-state index in [1.165, 1.54) is 0 Å². The molecule has 0 radical (unpaired) electrons. The molecule has 4 N–H and O–H groups in total. The third-order valence-electron chi connectivity index (χ3n) is 4.73. The van der Waals surface area contributed by atoms with Gasteiger partial charge in [-0.25, -0.2) is 0 Å². The van der Waals surface area contributed by atoms with Crippen molar-refractivity contribution < 1.29 is 53.9 Å². The van der Waals surface area contributed by atoms with Crippen LogP contribution in [0.15, 0.2) is 0 Å². The normalized spacial score (nSPS) is 37.3. The molecule has 27 heavy (non-hydrogen) atoms. The van der Waals surface area contributed by atoms with Crippen molar-refractivity contribution >= 4 is 29.4 Å². The number of rotatable bonds is 8. The summed E-state index contributed by atoms with van der Waals surface area (Å²) in [5, 5.41) is 43.0. The molecule has 1 aliphatic heterocycles. The molecular formula is C16H22O11. The van der Waals surface area contributed by atoms with Gasteiger partial charge in [-0.2, -0.15) is 0 Å². The second kappa shape index (κ2) is 7.62. The highest BCUT2D eigenvalue weighted by molar-refractivity contribution is 6.05. The molecule has 1 fully saturated rings. The molecule has 0 aromatic carbocycles. The Morgan fingerprint density at radius 3 is 1.81 bits per heavy atom. The molecule has 0 aromatic heterocycles. The highest BCUT2D eigenvalue weighted by atomic mass is 16.7. The molecule has 152 valence electrons. The van der Waals surface area contributed by atoms with Crippen LogP contribution in [0.5, 0.6) is 0 Å². The fourth-order valence-electron chi connectivity index (χ4n) is 3.21. The molecule has 0 aromatic rings. The molecule has 1 unspecified atom stereocenters. The highest BCUT2D eigenvalue weighted by Gasteiger charge is 2.79. The summed E-state index contributed by atoms with van der Waals surface area (Å²) in [6.07, 6.45) is -6.62. The van der Waals surface area contributed by atoms with Crippen LogP contribution in [0.25, 0.3) is 0 Å². The first-order chi connectivity index (χ1) is 12.2. The second-order valence-electron chi connectivity index (χ2n) is 6.36. The zero-order chi connectivity index (χ0) is 21.4. The summed E-state index contributed by atoms with van der Waals surface area (Å²) in [6.45, 7) is 2.17. The Kier molecular flexibility index (Phi) is 6.53. The van der Waals surface area contributed by atoms with Gasteiger partial charge in [0.15, 0.2) is 35.0 Å². The van der Waals surface area contributed by atoms with Crippen molar-refractivity contribution in [1.82, 2.24) is 0 Å². The van der Waals surface area contributed by atoms with Gasteiger partial charge in [-0.3, -0.25) is 19.2 Å². The molecule has 11 heteroatoms. The van der Waals surface area contributed by atoms with Crippen molar-refractivity contribution in [2.45, 2.75) is 63.0 Å². The van der Waals surface area contributed by atoms with E-state index in [1.54, 1.807) is 0 Å². The molecule has 0 aliphatic carbocycles. The summed E-state index contributed by atoms with van der Waals surface area (Å²) in [5.74, 6) is -5.18. The van der Waals surface area contributed by atoms with Gasteiger partial charge in [-0.15, -0.1) is 0 Å². The lowest BCUT2D eigenvalue weighted by Crippen LogP contribution is -2.87. The Morgan fingerprint density at radius 1 is 1.00 bits per heavy atom. The smallest absolute Gasteiger partial charge is 0.213 e. The summed E-state index contributed by atoms with van der Waals surface area (Å²) in [6, 6.07) is 0. The van der Waals surface area contributed by atoms with Gasteiger partial charge in [0.2, 0.25) is 11.2 Å². The van der Waals surface area contributed by atoms with E-state index < -0.39 is 65.0 Å². The van der Waals surface area contributed by atoms with E-state index >= 15 is 0 Å². The maximum atomic E-state index is 12.3. The lowest BCUT2D eigenvalue weighted by atomic mass is 9.60. The van der Waals surface area contributed by atoms with Crippen LogP contribution in [0.3, 0.4) is 0 Å². The largest absolute Gasteiger partial charge is 0.382 e. The molecule has 1 heterocycles. The standard InChI is InChI=1S/C16H22O11/c1-7(18)11(22)12-14(23,8(2)19)16(25,10(4)21)15(24,9(3)20)13(27-12)26-6-5-17/h5,11-13,22-25H,6H2,1-4H3/t11?,12-,13+,14-,15-,16+/m1/s1. The number of ketones is 4. The molecule has 0 spiro atoms. The molecular weight excluding hydrogens is 368 g/mol. The Balaban J connectivity index is 3.89. The molecule has 1 rings (SSSR count). The van der Waals surface area contributed by atoms with Crippen LogP contribution in [0.1, 0.15) is 27.7 Å². The van der Waals surface area contributed by atoms with E-state index in [-0.39, 0.29) is 6.29 Å². The van der Waals surface area contributed by atoms with E-state index in [0.29, 0.717) is 13.8 Å². The predicted octanol–water partition coefficient (Wildman–Crippen LogP) is -3.16. The zero-order valence-electron chi connectivity index (χ0n) is 15.2. The van der Waals surface area contributed by atoms with Gasteiger partial charge in [-0.1, -0.05) is 0 Å². The fourth-order valence-corrected chi connectivity index (χ4v) is 3.21. The minimum Gasteiger partial charge on any atom is -0.382 e. The minimum absolute atomic E-state index is 0.193. The van der Waals surface area contributed by atoms with Crippen molar-refractivity contribution in [3.8, 4) is 0 Å². The van der Waals surface area contributed by atoms with E-state index in [0.717, 1.165) is 13.8 Å². The third-order valence-corrected chi connectivity index (χ3v) is 4.73. The average Bonchev–Trinajstić information content (AvgIpc) is 2.57. The van der Waals surface area contributed by atoms with Gasteiger partial charge in [0.25, 0.3) is 0 Å². The first-order valence-corrected chi connectivity index (χ1v) is 7.83. The van der Waals surface area contributed by atoms with E-state index in [9.17, 15) is 44.4 Å². The Bertz CT molecular complexity index is 673. The van der Waals surface area contributed by atoms with Gasteiger partial charge in [0.05, 0.1) is 0 Å². The average molecular weight is 390 g/mol. The Morgan fingerprint density at radius 2 is 1.48 bits per heavy atom. The zero-order valence-corrected chi connectivity index (χ0v) is 15.2. The molecule has 0 amide bonds. The van der Waals surface area contributed by atoms with Crippen LogP contribution in [-0.4, -0.2) is 91.8 Å². The molecule has 11 nitrogen and oxygen atoms in total. The quantitative estimate of drug-likeness (QED) is 0.307.